The summed E-state index contributed by atoms with van der Waals surface area (Å²) in [6.07, 6.45) is 0. The van der Waals surface area contributed by atoms with Crippen LogP contribution in [-0.2, 0) is 11.3 Å². The Hall–Kier alpha value is -1.95. The number of rotatable bonds is 5. The number of amides is 1. The van der Waals surface area contributed by atoms with Gasteiger partial charge < -0.3 is 5.32 Å². The van der Waals surface area contributed by atoms with Crippen molar-refractivity contribution in [2.75, 3.05) is 31.5 Å². The van der Waals surface area contributed by atoms with E-state index in [4.69, 9.17) is 11.6 Å². The number of carbonyl (C=O) groups is 1. The van der Waals surface area contributed by atoms with Gasteiger partial charge in [-0.15, -0.1) is 0 Å². The number of carbonyl (C=O) groups excluding carboxylic acids is 1. The van der Waals surface area contributed by atoms with Crippen LogP contribution in [0.1, 0.15) is 18.1 Å². The summed E-state index contributed by atoms with van der Waals surface area (Å²) in [5.41, 5.74) is 3.03. The number of hydrogen-bond donors (Lipinski definition) is 1. The standard InChI is InChI=1S/C21H25ClFN3O/c1-15-4-3-5-17(12-15)14-25-8-10-26(11-9-25)16(2)21(27)24-20-7-6-18(23)13-19(20)22/h3-7,12-13,16H,8-11,14H2,1-2H3,(H,24,27)/t16-/m0/s1. The molecular formula is C21H25ClFN3O. The maximum absolute atomic E-state index is 13.1. The average molecular weight is 390 g/mol. The van der Waals surface area contributed by atoms with Gasteiger partial charge in [0.2, 0.25) is 5.91 Å². The first-order valence-corrected chi connectivity index (χ1v) is 9.58. The summed E-state index contributed by atoms with van der Waals surface area (Å²) in [6.45, 7) is 8.43. The smallest absolute Gasteiger partial charge is 0.241 e. The van der Waals surface area contributed by atoms with E-state index >= 15 is 0 Å². The molecule has 3 rings (SSSR count). The summed E-state index contributed by atoms with van der Waals surface area (Å²) in [5.74, 6) is -0.550. The minimum atomic E-state index is -0.421. The normalized spacial score (nSPS) is 16.9. The summed E-state index contributed by atoms with van der Waals surface area (Å²) < 4.78 is 13.1. The van der Waals surface area contributed by atoms with E-state index in [0.29, 0.717) is 5.69 Å². The van der Waals surface area contributed by atoms with Crippen LogP contribution in [0, 0.1) is 12.7 Å². The molecule has 0 aromatic heterocycles. The van der Waals surface area contributed by atoms with E-state index in [9.17, 15) is 9.18 Å². The van der Waals surface area contributed by atoms with Gasteiger partial charge in [-0.1, -0.05) is 41.4 Å². The fourth-order valence-electron chi connectivity index (χ4n) is 3.37. The molecule has 1 saturated heterocycles. The fourth-order valence-corrected chi connectivity index (χ4v) is 3.59. The molecule has 144 valence electrons. The second-order valence-electron chi connectivity index (χ2n) is 7.09. The quantitative estimate of drug-likeness (QED) is 0.841. The minimum absolute atomic E-state index is 0.129. The number of hydrogen-bond acceptors (Lipinski definition) is 3. The van der Waals surface area contributed by atoms with Crippen LogP contribution in [0.15, 0.2) is 42.5 Å². The largest absolute Gasteiger partial charge is 0.323 e. The summed E-state index contributed by atoms with van der Waals surface area (Å²) in [4.78, 5) is 17.1. The van der Waals surface area contributed by atoms with Crippen LogP contribution in [0.2, 0.25) is 5.02 Å². The van der Waals surface area contributed by atoms with Crippen molar-refractivity contribution in [1.29, 1.82) is 0 Å². The first-order valence-electron chi connectivity index (χ1n) is 9.20. The van der Waals surface area contributed by atoms with Crippen molar-refractivity contribution in [1.82, 2.24) is 9.80 Å². The number of anilines is 1. The van der Waals surface area contributed by atoms with E-state index in [1.807, 2.05) is 6.92 Å². The van der Waals surface area contributed by atoms with Crippen LogP contribution in [0.5, 0.6) is 0 Å². The number of benzene rings is 2. The van der Waals surface area contributed by atoms with E-state index in [1.165, 1.54) is 29.3 Å². The molecule has 1 N–H and O–H groups in total. The molecule has 1 aliphatic heterocycles. The van der Waals surface area contributed by atoms with Gasteiger partial charge in [-0.2, -0.15) is 0 Å². The predicted molar refractivity (Wildman–Crippen MR) is 108 cm³/mol. The zero-order valence-electron chi connectivity index (χ0n) is 15.7. The van der Waals surface area contributed by atoms with Crippen molar-refractivity contribution in [3.63, 3.8) is 0 Å². The van der Waals surface area contributed by atoms with Crippen molar-refractivity contribution in [3.05, 3.63) is 64.4 Å². The molecule has 4 nitrogen and oxygen atoms in total. The van der Waals surface area contributed by atoms with Crippen molar-refractivity contribution in [3.8, 4) is 0 Å². The van der Waals surface area contributed by atoms with Crippen molar-refractivity contribution < 1.29 is 9.18 Å². The Morgan fingerprint density at radius 2 is 1.93 bits per heavy atom. The Morgan fingerprint density at radius 1 is 1.19 bits per heavy atom. The first kappa shape index (κ1) is 19.8. The number of halogens is 2. The molecule has 2 aromatic rings. The molecule has 0 aliphatic carbocycles. The number of nitrogens with zero attached hydrogens (tertiary/aromatic N) is 2. The molecular weight excluding hydrogens is 365 g/mol. The molecule has 0 saturated carbocycles. The van der Waals surface area contributed by atoms with Gasteiger partial charge in [-0.05, 0) is 37.6 Å². The van der Waals surface area contributed by atoms with E-state index < -0.39 is 5.82 Å². The summed E-state index contributed by atoms with van der Waals surface area (Å²) in [6, 6.07) is 12.3. The lowest BCUT2D eigenvalue weighted by Crippen LogP contribution is -2.52. The number of aryl methyl sites for hydroxylation is 1. The van der Waals surface area contributed by atoms with Crippen LogP contribution >= 0.6 is 11.6 Å². The van der Waals surface area contributed by atoms with Crippen molar-refractivity contribution >= 4 is 23.2 Å². The lowest BCUT2D eigenvalue weighted by molar-refractivity contribution is -0.121. The summed E-state index contributed by atoms with van der Waals surface area (Å²) in [5, 5.41) is 3.01. The van der Waals surface area contributed by atoms with Gasteiger partial charge in [-0.3, -0.25) is 14.6 Å². The van der Waals surface area contributed by atoms with Crippen molar-refractivity contribution in [2.24, 2.45) is 0 Å². The Kier molecular flexibility index (Phi) is 6.47. The van der Waals surface area contributed by atoms with E-state index in [1.54, 1.807) is 0 Å². The SMILES string of the molecule is Cc1cccc(CN2CCN([C@@H](C)C(=O)Nc3ccc(F)cc3Cl)CC2)c1. The minimum Gasteiger partial charge on any atom is -0.323 e. The Labute approximate surface area is 164 Å². The average Bonchev–Trinajstić information content (AvgIpc) is 2.64. The van der Waals surface area contributed by atoms with Crippen LogP contribution in [0.25, 0.3) is 0 Å². The predicted octanol–water partition coefficient (Wildman–Crippen LogP) is 3.93. The number of piperazine rings is 1. The van der Waals surface area contributed by atoms with Crippen LogP contribution in [0.4, 0.5) is 10.1 Å². The Balaban J connectivity index is 1.51. The monoisotopic (exact) mass is 389 g/mol. The van der Waals surface area contributed by atoms with E-state index in [-0.39, 0.29) is 17.0 Å². The number of nitrogens with one attached hydrogen (secondary N) is 1. The van der Waals surface area contributed by atoms with Gasteiger partial charge in [0.15, 0.2) is 0 Å². The third kappa shape index (κ3) is 5.28. The molecule has 27 heavy (non-hydrogen) atoms. The van der Waals surface area contributed by atoms with Gasteiger partial charge >= 0.3 is 0 Å². The molecule has 0 radical (unpaired) electrons. The summed E-state index contributed by atoms with van der Waals surface area (Å²) in [7, 11) is 0. The molecule has 1 atom stereocenters. The van der Waals surface area contributed by atoms with Gasteiger partial charge in [-0.25, -0.2) is 4.39 Å². The third-order valence-corrected chi connectivity index (χ3v) is 5.32. The maximum Gasteiger partial charge on any atom is 0.241 e. The van der Waals surface area contributed by atoms with Gasteiger partial charge in [0, 0.05) is 32.7 Å². The highest BCUT2D eigenvalue weighted by Gasteiger charge is 2.26. The molecule has 2 aromatic carbocycles. The summed E-state index contributed by atoms with van der Waals surface area (Å²) >= 11 is 6.00. The van der Waals surface area contributed by atoms with Crippen LogP contribution in [0.3, 0.4) is 0 Å². The van der Waals surface area contributed by atoms with E-state index in [0.717, 1.165) is 32.7 Å². The highest BCUT2D eigenvalue weighted by molar-refractivity contribution is 6.33. The highest BCUT2D eigenvalue weighted by Crippen LogP contribution is 2.23. The van der Waals surface area contributed by atoms with Gasteiger partial charge in [0.25, 0.3) is 0 Å². The lowest BCUT2D eigenvalue weighted by atomic mass is 10.1. The topological polar surface area (TPSA) is 35.6 Å². The zero-order valence-corrected chi connectivity index (χ0v) is 16.5. The molecule has 1 amide bonds. The van der Waals surface area contributed by atoms with Crippen molar-refractivity contribution in [2.45, 2.75) is 26.4 Å². The van der Waals surface area contributed by atoms with Crippen LogP contribution in [-0.4, -0.2) is 47.9 Å². The van der Waals surface area contributed by atoms with Gasteiger partial charge in [0.1, 0.15) is 5.82 Å². The molecule has 1 fully saturated rings. The third-order valence-electron chi connectivity index (χ3n) is 5.01. The molecule has 0 unspecified atom stereocenters. The Bertz CT molecular complexity index is 806. The lowest BCUT2D eigenvalue weighted by Gasteiger charge is -2.37. The van der Waals surface area contributed by atoms with E-state index in [2.05, 4.69) is 46.3 Å². The highest BCUT2D eigenvalue weighted by atomic mass is 35.5. The molecule has 6 heteroatoms. The second kappa shape index (κ2) is 8.83. The zero-order chi connectivity index (χ0) is 19.4. The molecule has 0 spiro atoms. The first-order chi connectivity index (χ1) is 12.9. The van der Waals surface area contributed by atoms with Gasteiger partial charge in [0.05, 0.1) is 16.8 Å². The molecule has 1 heterocycles. The second-order valence-corrected chi connectivity index (χ2v) is 7.50. The molecule has 0 bridgehead atoms. The van der Waals surface area contributed by atoms with Crippen LogP contribution < -0.4 is 5.32 Å². The fraction of sp³-hybridized carbons (Fsp3) is 0.381. The maximum atomic E-state index is 13.1. The Morgan fingerprint density at radius 3 is 2.59 bits per heavy atom. The molecule has 1 aliphatic rings.